The van der Waals surface area contributed by atoms with Gasteiger partial charge in [-0.2, -0.15) is 0 Å². The zero-order valence-corrected chi connectivity index (χ0v) is 70.5. The molecule has 0 bridgehead atoms. The molecule has 4 N–H and O–H groups in total. The van der Waals surface area contributed by atoms with E-state index in [1.807, 2.05) is 54.6 Å². The molecule has 0 fully saturated rings. The van der Waals surface area contributed by atoms with E-state index < -0.39 is 11.6 Å². The minimum atomic E-state index is -1.18. The fourth-order valence-corrected chi connectivity index (χ4v) is 17.9. The van der Waals surface area contributed by atoms with Crippen LogP contribution in [0.3, 0.4) is 0 Å². The molecule has 0 spiro atoms. The van der Waals surface area contributed by atoms with Gasteiger partial charge in [0.05, 0.1) is 79.3 Å². The van der Waals surface area contributed by atoms with Crippen molar-refractivity contribution in [1.82, 2.24) is 55.6 Å². The van der Waals surface area contributed by atoms with Crippen LogP contribution >= 0.6 is 69.6 Å². The Hall–Kier alpha value is -7.21. The Morgan fingerprint density at radius 2 is 0.687 bits per heavy atom. The number of hydrogen-bond donors (Lipinski definition) is 4. The van der Waals surface area contributed by atoms with Crippen LogP contribution < -0.4 is 21.3 Å². The predicted octanol–water partition coefficient (Wildman–Crippen LogP) is 11.4. The molecule has 0 aromatic heterocycles. The molecule has 618 valence electrons. The molecule has 6 aromatic rings. The number of rotatable bonds is 40. The number of fused-ring (bicyclic) bond motifs is 6. The van der Waals surface area contributed by atoms with Crippen molar-refractivity contribution in [2.75, 3.05) is 173 Å². The van der Waals surface area contributed by atoms with E-state index in [1.54, 1.807) is 47.0 Å². The molecule has 0 aliphatic carbocycles. The van der Waals surface area contributed by atoms with Crippen molar-refractivity contribution in [1.29, 1.82) is 0 Å². The van der Waals surface area contributed by atoms with Gasteiger partial charge >= 0.3 is 6.03 Å². The summed E-state index contributed by atoms with van der Waals surface area (Å²) < 4.78 is 35.0. The second kappa shape index (κ2) is 41.0. The van der Waals surface area contributed by atoms with Gasteiger partial charge in [-0.15, -0.1) is 0 Å². The number of nitrogens with zero attached hydrogens (tertiary/aromatic N) is 7. The molecule has 115 heavy (non-hydrogen) atoms. The number of benzene rings is 6. The van der Waals surface area contributed by atoms with Crippen LogP contribution in [0.1, 0.15) is 154 Å². The summed E-state index contributed by atoms with van der Waals surface area (Å²) in [6, 6.07) is 29.2. The van der Waals surface area contributed by atoms with Crippen LogP contribution in [-0.2, 0) is 82.1 Å². The fraction of sp³-hybridized carbons (Fsp3) is 0.494. The first-order chi connectivity index (χ1) is 55.4. The third kappa shape index (κ3) is 22.8. The van der Waals surface area contributed by atoms with Crippen LogP contribution in [0.25, 0.3) is 0 Å². The molecule has 8 amide bonds. The number of ether oxygens (including phenoxy) is 6. The van der Waals surface area contributed by atoms with Gasteiger partial charge in [-0.05, 0) is 162 Å². The Morgan fingerprint density at radius 1 is 0.400 bits per heavy atom. The normalized spacial score (nSPS) is 17.7. The van der Waals surface area contributed by atoms with Gasteiger partial charge in [0.15, 0.2) is 0 Å². The van der Waals surface area contributed by atoms with Crippen molar-refractivity contribution in [2.45, 2.75) is 101 Å². The fourth-order valence-electron chi connectivity index (χ4n) is 16.2. The summed E-state index contributed by atoms with van der Waals surface area (Å²) in [4.78, 5) is 109. The molecule has 12 rings (SSSR count). The van der Waals surface area contributed by atoms with Gasteiger partial charge < -0.3 is 84.0 Å². The van der Waals surface area contributed by atoms with Crippen molar-refractivity contribution in [3.05, 3.63) is 205 Å². The molecule has 6 aliphatic rings. The summed E-state index contributed by atoms with van der Waals surface area (Å²) in [5.41, 5.74) is 13.2. The van der Waals surface area contributed by atoms with Crippen molar-refractivity contribution >= 4 is 111 Å². The maximum Gasteiger partial charge on any atom is 0.317 e. The smallest absolute Gasteiger partial charge is 0.317 e. The molecule has 30 heteroatoms. The maximum absolute atomic E-state index is 13.7. The van der Waals surface area contributed by atoms with Gasteiger partial charge in [-0.1, -0.05) is 106 Å². The molecule has 0 saturated heterocycles. The molecular formula is C85H103Cl6N11O13. The second-order valence-corrected chi connectivity index (χ2v) is 33.4. The van der Waals surface area contributed by atoms with Crippen LogP contribution in [0.2, 0.25) is 30.1 Å². The standard InChI is InChI=1S/C85H103Cl6N11O13/c1-96(2)84(109)95-85(15-12-78(103)92-18-24-110-30-33-113-27-21-100-45-57-9-6-54(36-63(57)81(100)106)69-48-97(3)51-72-66(69)39-60(86)42-75(72)89,16-13-79(104)93-19-25-111-31-34-114-28-22-101-46-58-10-7-55(37-64(58)82(101)107)70-49-98(4)52-73-67(70)40-61(87)43-76(73)90)17-14-80(105)94-20-26-112-32-35-115-29-23-102-47-59-11-8-56(38-65(59)83(102)108)71-50-99(5)53-74-68(71)41-62(88)44-77(74)91/h6-11,36-44,69-71H,12-35,45-53H2,1-5H3,(H,92,103)(H,93,104)(H,94,105)(H,95,109). The number of nitrogens with one attached hydrogen (secondary N) is 4. The van der Waals surface area contributed by atoms with Crippen molar-refractivity contribution in [3.8, 4) is 0 Å². The van der Waals surface area contributed by atoms with Gasteiger partial charge in [0.1, 0.15) is 0 Å². The Morgan fingerprint density at radius 3 is 0.974 bits per heavy atom. The molecule has 0 radical (unpaired) electrons. The van der Waals surface area contributed by atoms with E-state index in [-0.39, 0.29) is 171 Å². The molecule has 6 aliphatic heterocycles. The Balaban J connectivity index is 0.560. The van der Waals surface area contributed by atoms with Crippen molar-refractivity contribution in [3.63, 3.8) is 0 Å². The van der Waals surface area contributed by atoms with Gasteiger partial charge in [-0.25, -0.2) is 4.79 Å². The summed E-state index contributed by atoms with van der Waals surface area (Å²) in [5.74, 6) is -1.07. The van der Waals surface area contributed by atoms with Gasteiger partial charge in [0, 0.05) is 202 Å². The van der Waals surface area contributed by atoms with E-state index in [0.29, 0.717) is 106 Å². The van der Waals surface area contributed by atoms with Gasteiger partial charge in [0.2, 0.25) is 17.7 Å². The second-order valence-electron chi connectivity index (χ2n) is 30.9. The number of carbonyl (C=O) groups is 7. The van der Waals surface area contributed by atoms with Crippen LogP contribution in [0, 0.1) is 0 Å². The minimum Gasteiger partial charge on any atom is -0.377 e. The lowest BCUT2D eigenvalue weighted by Gasteiger charge is -2.36. The summed E-state index contributed by atoms with van der Waals surface area (Å²) in [5, 5.41) is 15.4. The highest BCUT2D eigenvalue weighted by molar-refractivity contribution is 6.36. The van der Waals surface area contributed by atoms with Gasteiger partial charge in [-0.3, -0.25) is 28.8 Å². The van der Waals surface area contributed by atoms with E-state index in [0.717, 1.165) is 106 Å². The molecule has 24 nitrogen and oxygen atoms in total. The van der Waals surface area contributed by atoms with E-state index >= 15 is 0 Å². The SMILES string of the molecule is CN1Cc2c(Cl)cc(Cl)cc2C(c2ccc3c(c2)C(=O)N(CCOCCOCCNC(=O)CCC(CCC(=O)NCCOCCOCCN2Cc4ccc(C5CN(C)Cc6c(Cl)cc(Cl)cc65)cc4C2=O)(CCC(=O)NCCOCCOCCN2Cc4ccc(C5CN(C)Cc6c(Cl)cc(Cl)cc65)cc4C2=O)NC(=O)N(C)C)C3)C1. The lowest BCUT2D eigenvalue weighted by atomic mass is 9.83. The average Bonchev–Trinajstić information content (AvgIpc) is 1.76. The highest BCUT2D eigenvalue weighted by Gasteiger charge is 2.38. The van der Waals surface area contributed by atoms with Crippen LogP contribution in [-0.4, -0.2) is 255 Å². The zero-order valence-electron chi connectivity index (χ0n) is 65.9. The Kier molecular flexibility index (Phi) is 31.0. The lowest BCUT2D eigenvalue weighted by molar-refractivity contribution is -0.121. The lowest BCUT2D eigenvalue weighted by Crippen LogP contribution is -2.53. The van der Waals surface area contributed by atoms with Crippen LogP contribution in [0.15, 0.2) is 91.0 Å². The quantitative estimate of drug-likeness (QED) is 0.0261. The number of halogens is 6. The van der Waals surface area contributed by atoms with E-state index in [2.05, 4.69) is 75.3 Å². The molecule has 3 unspecified atom stereocenters. The number of amides is 8. The monoisotopic (exact) mass is 1700 g/mol. The van der Waals surface area contributed by atoms with Crippen LogP contribution in [0.5, 0.6) is 0 Å². The third-order valence-corrected chi connectivity index (χ3v) is 24.0. The number of urea groups is 1. The van der Waals surface area contributed by atoms with E-state index in [9.17, 15) is 33.6 Å². The topological polar surface area (TPSA) is 246 Å². The largest absolute Gasteiger partial charge is 0.377 e. The maximum atomic E-state index is 13.7. The van der Waals surface area contributed by atoms with E-state index in [1.165, 1.54) is 4.90 Å². The molecule has 6 aromatic carbocycles. The molecule has 3 atom stereocenters. The molecule has 0 saturated carbocycles. The number of hydrogen-bond acceptors (Lipinski definition) is 16. The van der Waals surface area contributed by atoms with Crippen molar-refractivity contribution in [2.24, 2.45) is 0 Å². The summed E-state index contributed by atoms with van der Waals surface area (Å²) in [7, 11) is 9.34. The highest BCUT2D eigenvalue weighted by atomic mass is 35.5. The van der Waals surface area contributed by atoms with Crippen LogP contribution in [0.4, 0.5) is 4.79 Å². The first kappa shape index (κ1) is 87.1. The summed E-state index contributed by atoms with van der Waals surface area (Å²) in [6.07, 6.45) is 0.162. The summed E-state index contributed by atoms with van der Waals surface area (Å²) in [6.45, 7) is 10.7. The number of carbonyl (C=O) groups excluding carboxylic acids is 7. The molecule has 6 heterocycles. The molecular weight excluding hydrogens is 1600 g/mol. The minimum absolute atomic E-state index is 0.00825. The highest BCUT2D eigenvalue weighted by Crippen LogP contribution is 2.44. The summed E-state index contributed by atoms with van der Waals surface area (Å²) >= 11 is 39.3. The zero-order chi connectivity index (χ0) is 81.5. The van der Waals surface area contributed by atoms with Gasteiger partial charge in [0.25, 0.3) is 17.7 Å². The number of likely N-dealkylation sites (N-methyl/N-ethyl adjacent to an activating group) is 3. The first-order valence-corrected chi connectivity index (χ1v) is 41.7. The predicted molar refractivity (Wildman–Crippen MR) is 444 cm³/mol. The van der Waals surface area contributed by atoms with Crippen molar-refractivity contribution < 1.29 is 62.0 Å². The Bertz CT molecular complexity index is 4100. The third-order valence-electron chi connectivity index (χ3n) is 22.3. The van der Waals surface area contributed by atoms with E-state index in [4.69, 9.17) is 98.0 Å². The Labute approximate surface area is 703 Å². The first-order valence-electron chi connectivity index (χ1n) is 39.4. The average molecular weight is 1700 g/mol.